The molecule has 92 valence electrons. The van der Waals surface area contributed by atoms with Crippen molar-refractivity contribution in [3.8, 4) is 0 Å². The minimum atomic E-state index is 0.831. The highest BCUT2D eigenvalue weighted by atomic mass is 79.9. The summed E-state index contributed by atoms with van der Waals surface area (Å²) in [5.41, 5.74) is 1.04. The highest BCUT2D eigenvalue weighted by molar-refractivity contribution is 9.10. The molecule has 1 fully saturated rings. The molecule has 0 atom stereocenters. The molecule has 4 heteroatoms. The summed E-state index contributed by atoms with van der Waals surface area (Å²) in [5.74, 6) is 0.831. The molecule has 0 aromatic heterocycles. The average Bonchev–Trinajstić information content (AvgIpc) is 2.33. The van der Waals surface area contributed by atoms with Crippen LogP contribution in [-0.2, 0) is 0 Å². The van der Waals surface area contributed by atoms with Gasteiger partial charge in [-0.05, 0) is 59.0 Å². The molecule has 1 heterocycles. The third-order valence-corrected chi connectivity index (χ3v) is 4.24. The number of rotatable bonds is 1. The van der Waals surface area contributed by atoms with Crippen LogP contribution in [0.1, 0.15) is 19.8 Å². The molecule has 1 aromatic carbocycles. The van der Waals surface area contributed by atoms with Crippen molar-refractivity contribution >= 4 is 38.9 Å². The van der Waals surface area contributed by atoms with E-state index in [4.69, 9.17) is 12.2 Å². The summed E-state index contributed by atoms with van der Waals surface area (Å²) in [4.78, 5) is 2.26. The normalized spacial score (nSPS) is 16.9. The van der Waals surface area contributed by atoms with Gasteiger partial charge in [0.25, 0.3) is 0 Å². The van der Waals surface area contributed by atoms with Crippen molar-refractivity contribution < 1.29 is 0 Å². The fourth-order valence-corrected chi connectivity index (χ4v) is 2.64. The molecular formula is C13H17BrN2S. The zero-order chi connectivity index (χ0) is 12.3. The third kappa shape index (κ3) is 3.42. The van der Waals surface area contributed by atoms with Gasteiger partial charge in [-0.15, -0.1) is 0 Å². The molecule has 0 saturated carbocycles. The second-order valence-electron chi connectivity index (χ2n) is 4.58. The summed E-state index contributed by atoms with van der Waals surface area (Å²) in [6.07, 6.45) is 2.47. The van der Waals surface area contributed by atoms with Crippen LogP contribution in [0.2, 0.25) is 0 Å². The number of likely N-dealkylation sites (tertiary alicyclic amines) is 1. The number of piperidine rings is 1. The smallest absolute Gasteiger partial charge is 0.173 e. The van der Waals surface area contributed by atoms with Gasteiger partial charge in [0.2, 0.25) is 0 Å². The molecule has 0 amide bonds. The lowest BCUT2D eigenvalue weighted by atomic mass is 10.00. The standard InChI is InChI=1S/C13H17BrN2S/c1-10-6-8-16(9-7-10)13(17)15-12-5-3-2-4-11(12)14/h2-5,10H,6-9H2,1H3,(H,15,17). The van der Waals surface area contributed by atoms with Crippen molar-refractivity contribution in [2.24, 2.45) is 5.92 Å². The van der Waals surface area contributed by atoms with Crippen LogP contribution in [0.5, 0.6) is 0 Å². The van der Waals surface area contributed by atoms with Crippen LogP contribution in [0.3, 0.4) is 0 Å². The van der Waals surface area contributed by atoms with Gasteiger partial charge in [-0.3, -0.25) is 0 Å². The van der Waals surface area contributed by atoms with E-state index in [9.17, 15) is 0 Å². The molecule has 1 saturated heterocycles. The Balaban J connectivity index is 1.95. The van der Waals surface area contributed by atoms with Gasteiger partial charge in [0, 0.05) is 17.6 Å². The summed E-state index contributed by atoms with van der Waals surface area (Å²) in [7, 11) is 0. The van der Waals surface area contributed by atoms with Gasteiger partial charge >= 0.3 is 0 Å². The molecule has 0 radical (unpaired) electrons. The maximum Gasteiger partial charge on any atom is 0.173 e. The maximum absolute atomic E-state index is 5.45. The van der Waals surface area contributed by atoms with Crippen LogP contribution in [0, 0.1) is 5.92 Å². The van der Waals surface area contributed by atoms with Crippen LogP contribution < -0.4 is 5.32 Å². The minimum Gasteiger partial charge on any atom is -0.349 e. The van der Waals surface area contributed by atoms with E-state index in [-0.39, 0.29) is 0 Å². The minimum absolute atomic E-state index is 0.831. The van der Waals surface area contributed by atoms with Crippen molar-refractivity contribution in [3.05, 3.63) is 28.7 Å². The Labute approximate surface area is 117 Å². The number of benzene rings is 1. The second-order valence-corrected chi connectivity index (χ2v) is 5.82. The number of nitrogens with one attached hydrogen (secondary N) is 1. The Morgan fingerprint density at radius 3 is 2.65 bits per heavy atom. The van der Waals surface area contributed by atoms with Crippen LogP contribution >= 0.6 is 28.1 Å². The number of para-hydroxylation sites is 1. The second kappa shape index (κ2) is 5.83. The van der Waals surface area contributed by atoms with E-state index in [1.54, 1.807) is 0 Å². The zero-order valence-electron chi connectivity index (χ0n) is 9.95. The van der Waals surface area contributed by atoms with Gasteiger partial charge in [0.1, 0.15) is 0 Å². The number of halogens is 1. The maximum atomic E-state index is 5.45. The van der Waals surface area contributed by atoms with Crippen LogP contribution in [-0.4, -0.2) is 23.1 Å². The van der Waals surface area contributed by atoms with E-state index in [1.807, 2.05) is 24.3 Å². The topological polar surface area (TPSA) is 15.3 Å². The van der Waals surface area contributed by atoms with Gasteiger partial charge < -0.3 is 10.2 Å². The van der Waals surface area contributed by atoms with Gasteiger partial charge in [-0.2, -0.15) is 0 Å². The largest absolute Gasteiger partial charge is 0.349 e. The van der Waals surface area contributed by atoms with Gasteiger partial charge in [-0.25, -0.2) is 0 Å². The molecule has 1 aromatic rings. The van der Waals surface area contributed by atoms with E-state index in [0.717, 1.165) is 34.3 Å². The van der Waals surface area contributed by atoms with E-state index in [2.05, 4.69) is 33.1 Å². The van der Waals surface area contributed by atoms with E-state index >= 15 is 0 Å². The first-order valence-corrected chi connectivity index (χ1v) is 7.17. The predicted octanol–water partition coefficient (Wildman–Crippen LogP) is 3.88. The van der Waals surface area contributed by atoms with Gasteiger partial charge in [-0.1, -0.05) is 19.1 Å². The van der Waals surface area contributed by atoms with E-state index in [1.165, 1.54) is 12.8 Å². The molecule has 0 unspecified atom stereocenters. The molecule has 1 N–H and O–H groups in total. The van der Waals surface area contributed by atoms with E-state index < -0.39 is 0 Å². The molecule has 2 rings (SSSR count). The van der Waals surface area contributed by atoms with Crippen molar-refractivity contribution in [3.63, 3.8) is 0 Å². The van der Waals surface area contributed by atoms with Crippen molar-refractivity contribution in [1.82, 2.24) is 4.90 Å². The fourth-order valence-electron chi connectivity index (χ4n) is 1.97. The molecule has 2 nitrogen and oxygen atoms in total. The lowest BCUT2D eigenvalue weighted by molar-refractivity contribution is 0.283. The molecule has 17 heavy (non-hydrogen) atoms. The van der Waals surface area contributed by atoms with Crippen LogP contribution in [0.15, 0.2) is 28.7 Å². The quantitative estimate of drug-likeness (QED) is 0.792. The van der Waals surface area contributed by atoms with Crippen molar-refractivity contribution in [1.29, 1.82) is 0 Å². The number of nitrogens with zero attached hydrogens (tertiary/aromatic N) is 1. The Morgan fingerprint density at radius 2 is 2.00 bits per heavy atom. The first kappa shape index (κ1) is 12.8. The number of anilines is 1. The van der Waals surface area contributed by atoms with Crippen LogP contribution in [0.25, 0.3) is 0 Å². The summed E-state index contributed by atoms with van der Waals surface area (Å²) in [6, 6.07) is 8.06. The molecule has 0 aliphatic carbocycles. The molecule has 1 aliphatic heterocycles. The summed E-state index contributed by atoms with van der Waals surface area (Å²) in [6.45, 7) is 4.44. The number of hydrogen-bond donors (Lipinski definition) is 1. The SMILES string of the molecule is CC1CCN(C(=S)Nc2ccccc2Br)CC1. The highest BCUT2D eigenvalue weighted by Gasteiger charge is 2.18. The lowest BCUT2D eigenvalue weighted by Crippen LogP contribution is -2.40. The van der Waals surface area contributed by atoms with Crippen molar-refractivity contribution in [2.45, 2.75) is 19.8 Å². The molecule has 1 aliphatic rings. The monoisotopic (exact) mass is 312 g/mol. The van der Waals surface area contributed by atoms with Crippen LogP contribution in [0.4, 0.5) is 5.69 Å². The summed E-state index contributed by atoms with van der Waals surface area (Å²) < 4.78 is 1.05. The lowest BCUT2D eigenvalue weighted by Gasteiger charge is -2.32. The molecular weight excluding hydrogens is 296 g/mol. The Morgan fingerprint density at radius 1 is 1.35 bits per heavy atom. The fraction of sp³-hybridized carbons (Fsp3) is 0.462. The highest BCUT2D eigenvalue weighted by Crippen LogP contribution is 2.23. The Bertz CT molecular complexity index is 400. The van der Waals surface area contributed by atoms with Gasteiger partial charge in [0.05, 0.1) is 5.69 Å². The zero-order valence-corrected chi connectivity index (χ0v) is 12.4. The Kier molecular flexibility index (Phi) is 4.40. The first-order chi connectivity index (χ1) is 8.16. The first-order valence-electron chi connectivity index (χ1n) is 5.97. The predicted molar refractivity (Wildman–Crippen MR) is 80.3 cm³/mol. The summed E-state index contributed by atoms with van der Waals surface area (Å²) >= 11 is 8.97. The molecule has 0 bridgehead atoms. The van der Waals surface area contributed by atoms with Crippen molar-refractivity contribution in [2.75, 3.05) is 18.4 Å². The van der Waals surface area contributed by atoms with E-state index in [0.29, 0.717) is 0 Å². The molecule has 0 spiro atoms. The average molecular weight is 313 g/mol. The summed E-state index contributed by atoms with van der Waals surface area (Å²) in [5, 5.41) is 4.14. The van der Waals surface area contributed by atoms with Gasteiger partial charge in [0.15, 0.2) is 5.11 Å². The number of hydrogen-bond acceptors (Lipinski definition) is 1. The number of thiocarbonyl (C=S) groups is 1. The third-order valence-electron chi connectivity index (χ3n) is 3.19. The Hall–Kier alpha value is -0.610.